The lowest BCUT2D eigenvalue weighted by Gasteiger charge is -2.31. The summed E-state index contributed by atoms with van der Waals surface area (Å²) >= 11 is 0. The van der Waals surface area contributed by atoms with Crippen molar-refractivity contribution in [1.29, 1.82) is 0 Å². The maximum atomic E-state index is 12.4. The fourth-order valence-corrected chi connectivity index (χ4v) is 3.60. The molecule has 0 radical (unpaired) electrons. The van der Waals surface area contributed by atoms with E-state index >= 15 is 0 Å². The third kappa shape index (κ3) is 6.51. The Balaban J connectivity index is 1.31. The molecule has 0 saturated carbocycles. The number of amides is 2. The number of hydrogen-bond donors (Lipinski definition) is 1. The van der Waals surface area contributed by atoms with Crippen LogP contribution in [0.5, 0.6) is 11.5 Å². The first-order chi connectivity index (χ1) is 14.7. The average molecular weight is 411 g/mol. The summed E-state index contributed by atoms with van der Waals surface area (Å²) in [5.74, 6) is 1.70. The first kappa shape index (κ1) is 21.7. The van der Waals surface area contributed by atoms with E-state index in [0.717, 1.165) is 17.9 Å². The quantitative estimate of drug-likeness (QED) is 0.645. The van der Waals surface area contributed by atoms with Gasteiger partial charge in [-0.3, -0.25) is 9.59 Å². The molecule has 0 atom stereocenters. The van der Waals surface area contributed by atoms with Gasteiger partial charge < -0.3 is 19.7 Å². The summed E-state index contributed by atoms with van der Waals surface area (Å²) in [6, 6.07) is 17.4. The zero-order valence-corrected chi connectivity index (χ0v) is 17.5. The average Bonchev–Trinajstić information content (AvgIpc) is 2.81. The number of nitrogens with one attached hydrogen (secondary N) is 1. The molecule has 6 nitrogen and oxygen atoms in total. The van der Waals surface area contributed by atoms with Gasteiger partial charge in [0.05, 0.1) is 13.7 Å². The van der Waals surface area contributed by atoms with Gasteiger partial charge in [0.25, 0.3) is 0 Å². The number of hydrogen-bond acceptors (Lipinski definition) is 4. The second kappa shape index (κ2) is 11.2. The van der Waals surface area contributed by atoms with Gasteiger partial charge in [0.1, 0.15) is 18.1 Å². The van der Waals surface area contributed by atoms with Crippen LogP contribution in [0.15, 0.2) is 54.6 Å². The molecule has 1 aliphatic heterocycles. The predicted molar refractivity (Wildman–Crippen MR) is 116 cm³/mol. The number of methoxy groups -OCH3 is 1. The van der Waals surface area contributed by atoms with Gasteiger partial charge in [0, 0.05) is 25.4 Å². The van der Waals surface area contributed by atoms with E-state index in [2.05, 4.69) is 5.32 Å². The Labute approximate surface area is 178 Å². The van der Waals surface area contributed by atoms with E-state index in [0.29, 0.717) is 45.5 Å². The molecular weight excluding hydrogens is 380 g/mol. The van der Waals surface area contributed by atoms with Crippen molar-refractivity contribution in [3.05, 3.63) is 60.2 Å². The molecule has 160 valence electrons. The highest BCUT2D eigenvalue weighted by Gasteiger charge is 2.26. The number of likely N-dealkylation sites (tertiary alicyclic amines) is 1. The van der Waals surface area contributed by atoms with Crippen molar-refractivity contribution in [3.63, 3.8) is 0 Å². The summed E-state index contributed by atoms with van der Waals surface area (Å²) in [4.78, 5) is 26.7. The van der Waals surface area contributed by atoms with Crippen molar-refractivity contribution in [2.24, 2.45) is 5.92 Å². The zero-order valence-electron chi connectivity index (χ0n) is 17.5. The number of benzene rings is 2. The smallest absolute Gasteiger partial charge is 0.223 e. The number of nitrogens with zero attached hydrogens (tertiary/aromatic N) is 1. The first-order valence-electron chi connectivity index (χ1n) is 10.5. The maximum absolute atomic E-state index is 12.4. The van der Waals surface area contributed by atoms with Crippen molar-refractivity contribution >= 4 is 11.8 Å². The molecule has 1 fully saturated rings. The Hall–Kier alpha value is -3.02. The van der Waals surface area contributed by atoms with Crippen LogP contribution < -0.4 is 14.8 Å². The van der Waals surface area contributed by atoms with Crippen LogP contribution in [0.3, 0.4) is 0 Å². The Morgan fingerprint density at radius 3 is 2.33 bits per heavy atom. The molecule has 2 amide bonds. The number of piperidine rings is 1. The minimum atomic E-state index is -0.0378. The molecule has 0 spiro atoms. The van der Waals surface area contributed by atoms with Crippen LogP contribution in [0, 0.1) is 5.92 Å². The lowest BCUT2D eigenvalue weighted by molar-refractivity contribution is -0.135. The van der Waals surface area contributed by atoms with E-state index in [1.165, 1.54) is 5.56 Å². The van der Waals surface area contributed by atoms with Crippen molar-refractivity contribution in [2.75, 3.05) is 33.4 Å². The van der Waals surface area contributed by atoms with Gasteiger partial charge in [-0.05, 0) is 49.1 Å². The second-order valence-corrected chi connectivity index (χ2v) is 7.46. The topological polar surface area (TPSA) is 67.9 Å². The molecule has 1 aliphatic rings. The van der Waals surface area contributed by atoms with Gasteiger partial charge in [0.2, 0.25) is 11.8 Å². The standard InChI is InChI=1S/C24H30N2O4/c1-29-21-8-10-22(11-9-21)30-18-15-25-24(28)20-13-16-26(17-14-20)23(27)12-7-19-5-3-2-4-6-19/h2-6,8-11,20H,7,12-18H2,1H3,(H,25,28). The lowest BCUT2D eigenvalue weighted by Crippen LogP contribution is -2.43. The van der Waals surface area contributed by atoms with Gasteiger partial charge in [-0.25, -0.2) is 0 Å². The Bertz CT molecular complexity index is 800. The zero-order chi connectivity index (χ0) is 21.2. The van der Waals surface area contributed by atoms with E-state index in [4.69, 9.17) is 9.47 Å². The van der Waals surface area contributed by atoms with Crippen LogP contribution in [0.25, 0.3) is 0 Å². The van der Waals surface area contributed by atoms with E-state index < -0.39 is 0 Å². The number of aryl methyl sites for hydroxylation is 1. The number of carbonyl (C=O) groups is 2. The van der Waals surface area contributed by atoms with Crippen LogP contribution in [0.4, 0.5) is 0 Å². The van der Waals surface area contributed by atoms with E-state index in [9.17, 15) is 9.59 Å². The normalized spacial score (nSPS) is 14.2. The second-order valence-electron chi connectivity index (χ2n) is 7.46. The van der Waals surface area contributed by atoms with Crippen LogP contribution >= 0.6 is 0 Å². The van der Waals surface area contributed by atoms with E-state index in [1.54, 1.807) is 7.11 Å². The summed E-state index contributed by atoms with van der Waals surface area (Å²) in [6.07, 6.45) is 2.70. The Morgan fingerprint density at radius 2 is 1.67 bits per heavy atom. The summed E-state index contributed by atoms with van der Waals surface area (Å²) < 4.78 is 10.7. The Morgan fingerprint density at radius 1 is 1.00 bits per heavy atom. The van der Waals surface area contributed by atoms with Gasteiger partial charge in [-0.1, -0.05) is 30.3 Å². The van der Waals surface area contributed by atoms with E-state index in [-0.39, 0.29) is 17.7 Å². The van der Waals surface area contributed by atoms with Crippen molar-refractivity contribution < 1.29 is 19.1 Å². The molecular formula is C24H30N2O4. The highest BCUT2D eigenvalue weighted by atomic mass is 16.5. The summed E-state index contributed by atoms with van der Waals surface area (Å²) in [6.45, 7) is 2.16. The first-order valence-corrected chi connectivity index (χ1v) is 10.5. The third-order valence-corrected chi connectivity index (χ3v) is 5.42. The van der Waals surface area contributed by atoms with Crippen LogP contribution in [-0.2, 0) is 16.0 Å². The fourth-order valence-electron chi connectivity index (χ4n) is 3.60. The molecule has 30 heavy (non-hydrogen) atoms. The van der Waals surface area contributed by atoms with Crippen LogP contribution in [0.1, 0.15) is 24.8 Å². The van der Waals surface area contributed by atoms with Crippen molar-refractivity contribution in [2.45, 2.75) is 25.7 Å². The van der Waals surface area contributed by atoms with Crippen molar-refractivity contribution in [1.82, 2.24) is 10.2 Å². The molecule has 2 aromatic carbocycles. The molecule has 0 aliphatic carbocycles. The highest BCUT2D eigenvalue weighted by molar-refractivity contribution is 5.80. The van der Waals surface area contributed by atoms with E-state index in [1.807, 2.05) is 59.5 Å². The third-order valence-electron chi connectivity index (χ3n) is 5.42. The molecule has 3 rings (SSSR count). The summed E-state index contributed by atoms with van der Waals surface area (Å²) in [7, 11) is 1.62. The molecule has 0 aromatic heterocycles. The highest BCUT2D eigenvalue weighted by Crippen LogP contribution is 2.19. The molecule has 1 N–H and O–H groups in total. The largest absolute Gasteiger partial charge is 0.497 e. The minimum Gasteiger partial charge on any atom is -0.497 e. The minimum absolute atomic E-state index is 0.0378. The lowest BCUT2D eigenvalue weighted by atomic mass is 9.95. The monoisotopic (exact) mass is 410 g/mol. The van der Waals surface area contributed by atoms with Gasteiger partial charge in [0.15, 0.2) is 0 Å². The molecule has 6 heteroatoms. The fraction of sp³-hybridized carbons (Fsp3) is 0.417. The van der Waals surface area contributed by atoms with Crippen molar-refractivity contribution in [3.8, 4) is 11.5 Å². The SMILES string of the molecule is COc1ccc(OCCNC(=O)C2CCN(C(=O)CCc3ccccc3)CC2)cc1. The molecule has 2 aromatic rings. The maximum Gasteiger partial charge on any atom is 0.223 e. The summed E-state index contributed by atoms with van der Waals surface area (Å²) in [5.41, 5.74) is 1.18. The van der Waals surface area contributed by atoms with Gasteiger partial charge in [-0.15, -0.1) is 0 Å². The van der Waals surface area contributed by atoms with Gasteiger partial charge in [-0.2, -0.15) is 0 Å². The molecule has 0 unspecified atom stereocenters. The van der Waals surface area contributed by atoms with Gasteiger partial charge >= 0.3 is 0 Å². The summed E-state index contributed by atoms with van der Waals surface area (Å²) in [5, 5.41) is 2.94. The molecule has 0 bridgehead atoms. The number of rotatable bonds is 9. The molecule has 1 saturated heterocycles. The molecule has 1 heterocycles. The number of ether oxygens (including phenoxy) is 2. The van der Waals surface area contributed by atoms with Crippen LogP contribution in [0.2, 0.25) is 0 Å². The number of carbonyl (C=O) groups excluding carboxylic acids is 2. The van der Waals surface area contributed by atoms with Crippen LogP contribution in [-0.4, -0.2) is 50.1 Å². The Kier molecular flexibility index (Phi) is 8.12. The predicted octanol–water partition coefficient (Wildman–Crippen LogP) is 3.06.